The van der Waals surface area contributed by atoms with Crippen LogP contribution in [0.4, 0.5) is 0 Å². The maximum atomic E-state index is 10.0. The van der Waals surface area contributed by atoms with Gasteiger partial charge < -0.3 is 19.8 Å². The highest BCUT2D eigenvalue weighted by Crippen LogP contribution is 1.95. The van der Waals surface area contributed by atoms with E-state index in [-0.39, 0.29) is 0 Å². The van der Waals surface area contributed by atoms with Crippen molar-refractivity contribution in [2.45, 2.75) is 111 Å². The first kappa shape index (κ1) is 95.1. The van der Waals surface area contributed by atoms with E-state index in [4.69, 9.17) is 20.5 Å². The van der Waals surface area contributed by atoms with Crippen LogP contribution in [0.1, 0.15) is 111 Å². The molecule has 0 spiro atoms. The first-order valence-corrected chi connectivity index (χ1v) is 22.3. The molecule has 0 aromatic carbocycles. The number of hydrogen-bond acceptors (Lipinski definition) is 10. The zero-order chi connectivity index (χ0) is 61.2. The van der Waals surface area contributed by atoms with Gasteiger partial charge in [-0.15, -0.1) is 4.68 Å². The molecule has 0 bridgehead atoms. The molecule has 0 aromatic rings. The standard InChI is InChI=1S/2C7H15N.C5H13N2.C5H12N2.C4H10NO.C4H9NO.2C3H10N3.2C2H7N2O.C2H6NO.CH3NO2/c2*1-6(2)8(5)7(3)4;2*1-5(2)7(4)6-3;2*1-4(2)5(3)6;2*1-4-6(3)5-2;2*1-3-4(2)5;1-3(2)4;1-2(3)4/h2*1-5H3;6H,1-4H3;1-4H3;6H,1-3H3;1-3H3;2*1-3H3,(H,4,5);2*1-2H3,(H,3,5);4H,1H2,2H3;1H3/q;;+1;;+1;;5*+1;. The Morgan fingerprint density at radius 2 is 0.694 bits per heavy atom. The molecular formula is C45H117N20O7+7. The predicted molar refractivity (Wildman–Crippen MR) is 300 cm³/mol. The van der Waals surface area contributed by atoms with Crippen molar-refractivity contribution in [3.05, 3.63) is 42.6 Å². The van der Waals surface area contributed by atoms with Gasteiger partial charge in [-0.25, -0.2) is 10.2 Å². The van der Waals surface area contributed by atoms with E-state index in [0.29, 0.717) is 9.74 Å². The summed E-state index contributed by atoms with van der Waals surface area (Å²) in [5, 5.41) is 42.5. The Bertz CT molecular complexity index is 1460. The molecule has 0 aliphatic heterocycles. The molecule has 27 heteroatoms. The van der Waals surface area contributed by atoms with Gasteiger partial charge in [-0.1, -0.05) is 62.4 Å². The fourth-order valence-corrected chi connectivity index (χ4v) is 1.52. The van der Waals surface area contributed by atoms with Gasteiger partial charge in [0.25, 0.3) is 0 Å². The second-order valence-corrected chi connectivity index (χ2v) is 15.7. The Labute approximate surface area is 439 Å². The zero-order valence-corrected chi connectivity index (χ0v) is 52.9. The zero-order valence-electron chi connectivity index (χ0n) is 52.9. The van der Waals surface area contributed by atoms with Gasteiger partial charge in [0.2, 0.25) is 14.1 Å². The van der Waals surface area contributed by atoms with Gasteiger partial charge in [0.1, 0.15) is 43.6 Å². The Kier molecular flexibility index (Phi) is 90.8. The van der Waals surface area contributed by atoms with Crippen LogP contribution in [0.2, 0.25) is 0 Å². The number of nitro groups is 1. The lowest BCUT2D eigenvalue weighted by atomic mass is 10.3. The van der Waals surface area contributed by atoms with E-state index in [9.17, 15) is 15.0 Å². The number of nitroso groups, excluding NO2 is 2. The molecule has 0 aliphatic carbocycles. The molecule has 0 amide bonds. The Hall–Kier alpha value is -6.57. The molecule has 0 atom stereocenters. The monoisotopic (exact) mass is 1050 g/mol. The number of hydrazine groups is 5. The van der Waals surface area contributed by atoms with Crippen LogP contribution in [0.3, 0.4) is 0 Å². The topological polar surface area (TPSA) is 273 Å². The third-order valence-electron chi connectivity index (χ3n) is 7.79. The maximum Gasteiger partial charge on any atom is 0.215 e. The van der Waals surface area contributed by atoms with E-state index >= 15 is 0 Å². The number of hydroxylamine groups is 3. The number of nitrogens with one attached hydrogen (secondary N) is 5. The van der Waals surface area contributed by atoms with Crippen molar-refractivity contribution in [2.75, 3.05) is 141 Å². The summed E-state index contributed by atoms with van der Waals surface area (Å²) in [4.78, 5) is 32.0. The third kappa shape index (κ3) is 144. The third-order valence-corrected chi connectivity index (χ3v) is 7.79. The van der Waals surface area contributed by atoms with Gasteiger partial charge in [-0.2, -0.15) is 21.7 Å². The summed E-state index contributed by atoms with van der Waals surface area (Å²) in [6.07, 6.45) is 0. The minimum atomic E-state index is -0.500. The van der Waals surface area contributed by atoms with Crippen molar-refractivity contribution in [3.63, 3.8) is 0 Å². The van der Waals surface area contributed by atoms with Gasteiger partial charge in [0.05, 0.1) is 59.1 Å². The molecule has 0 saturated carbocycles. The molecule has 0 unspecified atom stereocenters. The van der Waals surface area contributed by atoms with Gasteiger partial charge >= 0.3 is 0 Å². The van der Waals surface area contributed by atoms with Crippen molar-refractivity contribution < 1.29 is 67.4 Å². The minimum absolute atomic E-state index is 0.500. The molecule has 0 fully saturated rings. The predicted octanol–water partition coefficient (Wildman–Crippen LogP) is 4.10. The average molecular weight is 1050 g/mol. The molecule has 432 valence electrons. The van der Waals surface area contributed by atoms with Crippen LogP contribution in [0, 0.1) is 37.2 Å². The van der Waals surface area contributed by atoms with Crippen molar-refractivity contribution in [1.82, 2.24) is 27.1 Å². The summed E-state index contributed by atoms with van der Waals surface area (Å²) in [5.74, 6) is 0. The van der Waals surface area contributed by atoms with E-state index < -0.39 is 4.92 Å². The smallest absolute Gasteiger partial charge is 0.215 e. The number of hydrazone groups is 1. The van der Waals surface area contributed by atoms with Crippen molar-refractivity contribution >= 4 is 41.0 Å². The van der Waals surface area contributed by atoms with E-state index in [0.717, 1.165) is 32.7 Å². The maximum absolute atomic E-state index is 10.0. The number of nitrogens with zero attached hydrogens (tertiary/aromatic N) is 15. The highest BCUT2D eigenvalue weighted by Gasteiger charge is 1.93. The van der Waals surface area contributed by atoms with E-state index in [1.54, 1.807) is 65.7 Å². The lowest BCUT2D eigenvalue weighted by Crippen LogP contribution is -2.24. The summed E-state index contributed by atoms with van der Waals surface area (Å²) < 4.78 is 10.8. The Balaban J connectivity index is -0.0000000548. The van der Waals surface area contributed by atoms with Crippen LogP contribution < -0.4 is 27.1 Å². The van der Waals surface area contributed by atoms with Gasteiger partial charge in [0.15, 0.2) is 66.1 Å². The van der Waals surface area contributed by atoms with Crippen LogP contribution in [-0.2, 0) is 0 Å². The second-order valence-electron chi connectivity index (χ2n) is 15.7. The Morgan fingerprint density at radius 3 is 0.694 bits per heavy atom. The molecule has 72 heavy (non-hydrogen) atoms. The van der Waals surface area contributed by atoms with Gasteiger partial charge in [-0.05, 0) is 29.3 Å². The number of rotatable bonds is 8. The van der Waals surface area contributed by atoms with Crippen LogP contribution in [0.5, 0.6) is 0 Å². The van der Waals surface area contributed by atoms with Crippen molar-refractivity contribution in [2.24, 2.45) is 10.2 Å². The van der Waals surface area contributed by atoms with Crippen LogP contribution in [0.25, 0.3) is 5.43 Å². The van der Waals surface area contributed by atoms with E-state index in [1.807, 2.05) is 86.4 Å². The SMILES string of the molecule is C=[N+](C)O.CC(C)=[N+](C)O.CC(C)=[N+](C)[C-](C)C.CC(C)=[N+](C)[C-](C)C.CC(C)=[N+](C)[O-].CN=[N+](C)NC.CN=[N+](C)NC.CN[N+](C)=C(C)C.CN[N+](C)=O.CN[N+](C)=O.C[N+](=O)[O-].C[N-][N+](C)=C(C)C. The van der Waals surface area contributed by atoms with Gasteiger partial charge in [-0.3, -0.25) is 25.2 Å². The fraction of sp³-hybridized carbons (Fsp3) is 0.800. The minimum Gasteiger partial charge on any atom is -0.624 e. The summed E-state index contributed by atoms with van der Waals surface area (Å²) in [7, 11) is 33.8. The summed E-state index contributed by atoms with van der Waals surface area (Å²) in [6.45, 7) is 35.2. The lowest BCUT2D eigenvalue weighted by Gasteiger charge is -2.11. The summed E-state index contributed by atoms with van der Waals surface area (Å²) in [5.41, 5.74) is 23.9. The average Bonchev–Trinajstić information content (AvgIpc) is 3.28. The molecule has 27 nitrogen and oxygen atoms in total. The molecular weight excluding hydrogens is 933 g/mol. The lowest BCUT2D eigenvalue weighted by molar-refractivity contribution is -0.755. The highest BCUT2D eigenvalue weighted by atomic mass is 16.6. The molecule has 0 aromatic heterocycles. The molecule has 0 saturated heterocycles. The summed E-state index contributed by atoms with van der Waals surface area (Å²) in [6, 6.07) is 2.68. The largest absolute Gasteiger partial charge is 0.624 e. The summed E-state index contributed by atoms with van der Waals surface area (Å²) >= 11 is 0. The first-order chi connectivity index (χ1) is 32.4. The normalized spacial score (nSPS) is 8.33. The fourth-order valence-electron chi connectivity index (χ4n) is 1.52. The van der Waals surface area contributed by atoms with E-state index in [1.165, 1.54) is 63.1 Å². The quantitative estimate of drug-likeness (QED) is 0.0265. The van der Waals surface area contributed by atoms with E-state index in [2.05, 4.69) is 142 Å². The number of azo groups is 2. The molecule has 0 aliphatic rings. The highest BCUT2D eigenvalue weighted by molar-refractivity contribution is 5.75. The molecule has 0 rings (SSSR count). The molecule has 0 heterocycles. The molecule has 7 N–H and O–H groups in total. The Morgan fingerprint density at radius 1 is 0.486 bits per heavy atom. The van der Waals surface area contributed by atoms with Crippen LogP contribution in [-0.4, -0.2) is 249 Å². The first-order valence-electron chi connectivity index (χ1n) is 22.3. The molecule has 0 radical (unpaired) electrons. The number of hydrogen-bond donors (Lipinski definition) is 7. The van der Waals surface area contributed by atoms with Gasteiger partial charge in [0, 0.05) is 83.8 Å². The van der Waals surface area contributed by atoms with Crippen molar-refractivity contribution in [1.29, 1.82) is 0 Å². The van der Waals surface area contributed by atoms with Crippen LogP contribution in [0.15, 0.2) is 10.2 Å². The van der Waals surface area contributed by atoms with Crippen LogP contribution >= 0.6 is 0 Å². The second kappa shape index (κ2) is 68.7. The van der Waals surface area contributed by atoms with Crippen molar-refractivity contribution in [3.8, 4) is 0 Å².